The van der Waals surface area contributed by atoms with Gasteiger partial charge in [0.15, 0.2) is 0 Å². The van der Waals surface area contributed by atoms with Gasteiger partial charge in [-0.1, -0.05) is 6.08 Å². The number of oxazole rings is 1. The number of hydrogen-bond donors (Lipinski definition) is 0. The van der Waals surface area contributed by atoms with Crippen molar-refractivity contribution in [2.24, 2.45) is 0 Å². The van der Waals surface area contributed by atoms with Gasteiger partial charge in [-0.3, -0.25) is 0 Å². The van der Waals surface area contributed by atoms with Crippen molar-refractivity contribution in [1.82, 2.24) is 4.98 Å². The minimum Gasteiger partial charge on any atom is -0.445 e. The van der Waals surface area contributed by atoms with E-state index in [-0.39, 0.29) is 0 Å². The second-order valence-electron chi connectivity index (χ2n) is 1.72. The summed E-state index contributed by atoms with van der Waals surface area (Å²) in [5.74, 6) is 0.644. The Kier molecular flexibility index (Phi) is 1.68. The summed E-state index contributed by atoms with van der Waals surface area (Å²) in [5.41, 5.74) is 0.958. The molecule has 1 aromatic rings. The number of allylic oxidation sites excluding steroid dienone is 2. The Bertz CT molecular complexity index is 199. The molecule has 9 heavy (non-hydrogen) atoms. The second-order valence-corrected chi connectivity index (χ2v) is 1.72. The molecule has 0 aliphatic rings. The smallest absolute Gasteiger partial charge is 0.221 e. The van der Waals surface area contributed by atoms with Gasteiger partial charge in [0, 0.05) is 5.57 Å². The zero-order chi connectivity index (χ0) is 6.69. The van der Waals surface area contributed by atoms with Crippen LogP contribution >= 0.6 is 0 Å². The summed E-state index contributed by atoms with van der Waals surface area (Å²) in [7, 11) is 0. The van der Waals surface area contributed by atoms with E-state index in [0.29, 0.717) is 5.89 Å². The highest BCUT2D eigenvalue weighted by Crippen LogP contribution is 2.08. The van der Waals surface area contributed by atoms with Gasteiger partial charge < -0.3 is 4.42 Å². The van der Waals surface area contributed by atoms with Gasteiger partial charge in [-0.25, -0.2) is 4.98 Å². The molecule has 0 atom stereocenters. The summed E-state index contributed by atoms with van der Waals surface area (Å²) >= 11 is 0. The van der Waals surface area contributed by atoms with Gasteiger partial charge >= 0.3 is 0 Å². The standard InChI is InChI=1S/C7H8NO/c1-3-6(2)7-8-4-5-9-7/h3-5H,1H2,2H3/b6-3-. The average molecular weight is 122 g/mol. The summed E-state index contributed by atoms with van der Waals surface area (Å²) in [6, 6.07) is 0. The molecule has 0 saturated carbocycles. The fourth-order valence-electron chi connectivity index (χ4n) is 0.506. The van der Waals surface area contributed by atoms with Crippen molar-refractivity contribution in [3.05, 3.63) is 31.4 Å². The van der Waals surface area contributed by atoms with Gasteiger partial charge in [0.05, 0.1) is 6.20 Å². The number of rotatable bonds is 1. The molecule has 2 nitrogen and oxygen atoms in total. The van der Waals surface area contributed by atoms with Crippen LogP contribution < -0.4 is 0 Å². The predicted octanol–water partition coefficient (Wildman–Crippen LogP) is 1.91. The molecular weight excluding hydrogens is 114 g/mol. The van der Waals surface area contributed by atoms with E-state index < -0.39 is 0 Å². The summed E-state index contributed by atoms with van der Waals surface area (Å²) in [4.78, 5) is 3.91. The first-order valence-corrected chi connectivity index (χ1v) is 2.70. The highest BCUT2D eigenvalue weighted by atomic mass is 16.3. The monoisotopic (exact) mass is 122 g/mol. The second kappa shape index (κ2) is 2.49. The first kappa shape index (κ1) is 6.08. The predicted molar refractivity (Wildman–Crippen MR) is 35.5 cm³/mol. The minimum absolute atomic E-state index is 0.644. The highest BCUT2D eigenvalue weighted by Gasteiger charge is 1.95. The van der Waals surface area contributed by atoms with E-state index in [2.05, 4.69) is 11.9 Å². The average Bonchev–Trinajstić information content (AvgIpc) is 2.37. The molecule has 0 amide bonds. The van der Waals surface area contributed by atoms with Gasteiger partial charge in [-0.05, 0) is 13.8 Å². The molecule has 0 bridgehead atoms. The van der Waals surface area contributed by atoms with Crippen molar-refractivity contribution in [3.63, 3.8) is 0 Å². The normalized spacial score (nSPS) is 12.0. The van der Waals surface area contributed by atoms with Crippen LogP contribution in [0, 0.1) is 6.92 Å². The van der Waals surface area contributed by atoms with E-state index in [1.807, 2.05) is 6.92 Å². The van der Waals surface area contributed by atoms with E-state index in [1.165, 1.54) is 0 Å². The molecule has 1 radical (unpaired) electrons. The SMILES string of the molecule is [CH2]/C=C(/C)c1ncco1. The van der Waals surface area contributed by atoms with Crippen LogP contribution in [0.5, 0.6) is 0 Å². The lowest BCUT2D eigenvalue weighted by molar-refractivity contribution is 0.542. The fraction of sp³-hybridized carbons (Fsp3) is 0.143. The summed E-state index contributed by atoms with van der Waals surface area (Å²) < 4.78 is 4.97. The maximum Gasteiger partial charge on any atom is 0.221 e. The summed E-state index contributed by atoms with van der Waals surface area (Å²) in [6.07, 6.45) is 4.87. The number of aromatic nitrogens is 1. The lowest BCUT2D eigenvalue weighted by Gasteiger charge is -1.87. The van der Waals surface area contributed by atoms with Crippen LogP contribution in [0.25, 0.3) is 5.57 Å². The third-order valence-electron chi connectivity index (χ3n) is 1.08. The van der Waals surface area contributed by atoms with E-state index in [0.717, 1.165) is 5.57 Å². The molecule has 47 valence electrons. The molecule has 0 saturated heterocycles. The Hall–Kier alpha value is -1.05. The molecule has 0 unspecified atom stereocenters. The first-order chi connectivity index (χ1) is 4.34. The van der Waals surface area contributed by atoms with Gasteiger partial charge in [-0.2, -0.15) is 0 Å². The zero-order valence-corrected chi connectivity index (χ0v) is 5.29. The van der Waals surface area contributed by atoms with Crippen molar-refractivity contribution in [2.45, 2.75) is 6.92 Å². The van der Waals surface area contributed by atoms with Crippen molar-refractivity contribution in [1.29, 1.82) is 0 Å². The lowest BCUT2D eigenvalue weighted by atomic mass is 10.3. The van der Waals surface area contributed by atoms with Crippen LogP contribution in [-0.2, 0) is 0 Å². The van der Waals surface area contributed by atoms with Crippen molar-refractivity contribution >= 4 is 5.57 Å². The van der Waals surface area contributed by atoms with Crippen LogP contribution in [0.15, 0.2) is 23.0 Å². The molecule has 0 spiro atoms. The summed E-state index contributed by atoms with van der Waals surface area (Å²) in [6.45, 7) is 5.48. The van der Waals surface area contributed by atoms with Gasteiger partial charge in [0.1, 0.15) is 6.26 Å². The summed E-state index contributed by atoms with van der Waals surface area (Å²) in [5, 5.41) is 0. The highest BCUT2D eigenvalue weighted by molar-refractivity contribution is 5.55. The van der Waals surface area contributed by atoms with Crippen molar-refractivity contribution in [3.8, 4) is 0 Å². The number of hydrogen-bond acceptors (Lipinski definition) is 2. The largest absolute Gasteiger partial charge is 0.445 e. The quantitative estimate of drug-likeness (QED) is 0.568. The molecule has 0 N–H and O–H groups in total. The third-order valence-corrected chi connectivity index (χ3v) is 1.08. The Labute approximate surface area is 54.2 Å². The van der Waals surface area contributed by atoms with Crippen LogP contribution in [0.1, 0.15) is 12.8 Å². The van der Waals surface area contributed by atoms with Gasteiger partial charge in [0.25, 0.3) is 0 Å². The lowest BCUT2D eigenvalue weighted by Crippen LogP contribution is -1.74. The maximum absolute atomic E-state index is 4.97. The molecule has 0 aliphatic carbocycles. The molecule has 1 heterocycles. The topological polar surface area (TPSA) is 26.0 Å². The molecule has 0 aromatic carbocycles. The zero-order valence-electron chi connectivity index (χ0n) is 5.29. The maximum atomic E-state index is 4.97. The molecule has 1 rings (SSSR count). The molecule has 2 heteroatoms. The van der Waals surface area contributed by atoms with E-state index in [1.54, 1.807) is 18.5 Å². The Morgan fingerprint density at radius 3 is 3.11 bits per heavy atom. The van der Waals surface area contributed by atoms with Crippen molar-refractivity contribution in [2.75, 3.05) is 0 Å². The third kappa shape index (κ3) is 1.19. The Balaban J connectivity index is 2.90. The Morgan fingerprint density at radius 1 is 1.89 bits per heavy atom. The number of nitrogens with zero attached hydrogens (tertiary/aromatic N) is 1. The van der Waals surface area contributed by atoms with Crippen LogP contribution in [0.2, 0.25) is 0 Å². The fourth-order valence-corrected chi connectivity index (χ4v) is 0.506. The van der Waals surface area contributed by atoms with E-state index >= 15 is 0 Å². The van der Waals surface area contributed by atoms with Gasteiger partial charge in [-0.15, -0.1) is 0 Å². The van der Waals surface area contributed by atoms with Crippen LogP contribution in [0.4, 0.5) is 0 Å². The molecule has 0 fully saturated rings. The first-order valence-electron chi connectivity index (χ1n) is 2.70. The van der Waals surface area contributed by atoms with E-state index in [4.69, 9.17) is 4.42 Å². The van der Waals surface area contributed by atoms with Crippen LogP contribution in [0.3, 0.4) is 0 Å². The van der Waals surface area contributed by atoms with E-state index in [9.17, 15) is 0 Å². The molecule has 1 aromatic heterocycles. The minimum atomic E-state index is 0.644. The Morgan fingerprint density at radius 2 is 2.67 bits per heavy atom. The van der Waals surface area contributed by atoms with Crippen molar-refractivity contribution < 1.29 is 4.42 Å². The molecule has 0 aliphatic heterocycles. The van der Waals surface area contributed by atoms with Gasteiger partial charge in [0.2, 0.25) is 5.89 Å². The van der Waals surface area contributed by atoms with Crippen LogP contribution in [-0.4, -0.2) is 4.98 Å². The molecular formula is C7H8NO.